The Morgan fingerprint density at radius 3 is 2.67 bits per heavy atom. The molecule has 0 atom stereocenters. The number of para-hydroxylation sites is 2. The largest absolute Gasteiger partial charge is 0.492 e. The predicted octanol–water partition coefficient (Wildman–Crippen LogP) is 4.25. The average Bonchev–Trinajstić information content (AvgIpc) is 2.75. The topological polar surface area (TPSA) is 24.9 Å². The zero-order chi connectivity index (χ0) is 18.3. The molecule has 2 aliphatic heterocycles. The molecule has 1 saturated heterocycles. The van der Waals surface area contributed by atoms with Crippen LogP contribution in [0.15, 0.2) is 53.4 Å². The summed E-state index contributed by atoms with van der Waals surface area (Å²) in [7, 11) is 0. The Morgan fingerprint density at radius 1 is 0.963 bits per heavy atom. The van der Waals surface area contributed by atoms with Crippen molar-refractivity contribution in [3.05, 3.63) is 54.1 Å². The van der Waals surface area contributed by atoms with Crippen LogP contribution >= 0.6 is 12.0 Å². The summed E-state index contributed by atoms with van der Waals surface area (Å²) in [5, 5.41) is 0. The van der Waals surface area contributed by atoms with Crippen LogP contribution < -0.4 is 9.64 Å². The number of piperazine rings is 1. The van der Waals surface area contributed by atoms with E-state index >= 15 is 0 Å². The van der Waals surface area contributed by atoms with Gasteiger partial charge in [0.2, 0.25) is 0 Å². The lowest BCUT2D eigenvalue weighted by Gasteiger charge is -2.36. The molecule has 0 bridgehead atoms. The van der Waals surface area contributed by atoms with Gasteiger partial charge >= 0.3 is 0 Å². The number of hydrogen-bond acceptors (Lipinski definition) is 5. The Hall–Kier alpha value is -1.69. The van der Waals surface area contributed by atoms with Crippen molar-refractivity contribution in [2.75, 3.05) is 50.8 Å². The third-order valence-electron chi connectivity index (χ3n) is 5.24. The molecule has 0 unspecified atom stereocenters. The molecule has 1 fully saturated rings. The number of rotatable bonds is 7. The zero-order valence-corrected chi connectivity index (χ0v) is 16.6. The van der Waals surface area contributed by atoms with Gasteiger partial charge < -0.3 is 13.8 Å². The number of fused-ring (bicyclic) bond motifs is 1. The van der Waals surface area contributed by atoms with Gasteiger partial charge in [-0.05, 0) is 43.0 Å². The fourth-order valence-corrected chi connectivity index (χ4v) is 4.47. The fraction of sp³-hybridized carbons (Fsp3) is 0.455. The van der Waals surface area contributed by atoms with Crippen LogP contribution in [0.25, 0.3) is 0 Å². The molecule has 4 nitrogen and oxygen atoms in total. The summed E-state index contributed by atoms with van der Waals surface area (Å²) in [6, 6.07) is 17.1. The third kappa shape index (κ3) is 4.98. The van der Waals surface area contributed by atoms with Crippen molar-refractivity contribution in [3.63, 3.8) is 0 Å². The molecule has 144 valence electrons. The van der Waals surface area contributed by atoms with Gasteiger partial charge in [-0.1, -0.05) is 30.3 Å². The second-order valence-electron chi connectivity index (χ2n) is 7.12. The minimum atomic E-state index is 0.771. The summed E-state index contributed by atoms with van der Waals surface area (Å²) in [6.45, 7) is 7.16. The molecular formula is C22H28N2O2S. The van der Waals surface area contributed by atoms with Crippen molar-refractivity contribution in [1.82, 2.24) is 4.90 Å². The highest BCUT2D eigenvalue weighted by Gasteiger charge is 2.17. The molecule has 0 aliphatic carbocycles. The van der Waals surface area contributed by atoms with E-state index in [-0.39, 0.29) is 0 Å². The van der Waals surface area contributed by atoms with E-state index in [0.717, 1.165) is 75.8 Å². The summed E-state index contributed by atoms with van der Waals surface area (Å²) in [6.07, 6.45) is 3.28. The van der Waals surface area contributed by atoms with Crippen LogP contribution in [-0.4, -0.2) is 50.8 Å². The van der Waals surface area contributed by atoms with E-state index in [0.29, 0.717) is 0 Å². The lowest BCUT2D eigenvalue weighted by Crippen LogP contribution is -2.46. The van der Waals surface area contributed by atoms with Crippen LogP contribution in [0, 0.1) is 0 Å². The van der Waals surface area contributed by atoms with Crippen LogP contribution in [0.1, 0.15) is 18.4 Å². The third-order valence-corrected chi connectivity index (χ3v) is 6.03. The van der Waals surface area contributed by atoms with Gasteiger partial charge in [0.15, 0.2) is 0 Å². The molecule has 2 aromatic carbocycles. The first-order valence-electron chi connectivity index (χ1n) is 9.97. The molecule has 27 heavy (non-hydrogen) atoms. The molecule has 2 aromatic rings. The minimum Gasteiger partial charge on any atom is -0.492 e. The summed E-state index contributed by atoms with van der Waals surface area (Å²) >= 11 is 1.47. The lowest BCUT2D eigenvalue weighted by molar-refractivity contribution is 0.234. The van der Waals surface area contributed by atoms with E-state index in [2.05, 4.69) is 58.3 Å². The summed E-state index contributed by atoms with van der Waals surface area (Å²) in [5.74, 6) is 1.03. The highest BCUT2D eigenvalue weighted by Crippen LogP contribution is 2.36. The number of benzene rings is 2. The van der Waals surface area contributed by atoms with E-state index in [1.54, 1.807) is 0 Å². The van der Waals surface area contributed by atoms with E-state index in [9.17, 15) is 0 Å². The quantitative estimate of drug-likeness (QED) is 0.525. The van der Waals surface area contributed by atoms with E-state index < -0.39 is 0 Å². The van der Waals surface area contributed by atoms with Crippen molar-refractivity contribution in [1.29, 1.82) is 0 Å². The summed E-state index contributed by atoms with van der Waals surface area (Å²) in [5.41, 5.74) is 2.65. The smallest absolute Gasteiger partial charge is 0.138 e. The molecule has 0 amide bonds. The number of aryl methyl sites for hydroxylation is 1. The molecule has 2 heterocycles. The van der Waals surface area contributed by atoms with Gasteiger partial charge in [-0.25, -0.2) is 0 Å². The van der Waals surface area contributed by atoms with E-state index in [1.165, 1.54) is 23.3 Å². The van der Waals surface area contributed by atoms with E-state index in [4.69, 9.17) is 8.92 Å². The Balaban J connectivity index is 1.15. The van der Waals surface area contributed by atoms with Crippen LogP contribution in [0.4, 0.5) is 5.69 Å². The van der Waals surface area contributed by atoms with Gasteiger partial charge in [-0.3, -0.25) is 4.90 Å². The van der Waals surface area contributed by atoms with Gasteiger partial charge in [-0.15, -0.1) is 0 Å². The van der Waals surface area contributed by atoms with Gasteiger partial charge in [0.05, 0.1) is 18.1 Å². The lowest BCUT2D eigenvalue weighted by atomic mass is 10.1. The van der Waals surface area contributed by atoms with Gasteiger partial charge in [-0.2, -0.15) is 0 Å². The summed E-state index contributed by atoms with van der Waals surface area (Å²) < 4.78 is 11.7. The summed E-state index contributed by atoms with van der Waals surface area (Å²) in [4.78, 5) is 6.13. The molecule has 0 aromatic heterocycles. The van der Waals surface area contributed by atoms with Crippen LogP contribution in [0.3, 0.4) is 0 Å². The maximum absolute atomic E-state index is 5.87. The first-order chi connectivity index (χ1) is 13.4. The molecule has 2 aliphatic rings. The van der Waals surface area contributed by atoms with Gasteiger partial charge in [0, 0.05) is 50.5 Å². The molecular weight excluding hydrogens is 356 g/mol. The predicted molar refractivity (Wildman–Crippen MR) is 112 cm³/mol. The molecule has 0 saturated carbocycles. The zero-order valence-electron chi connectivity index (χ0n) is 15.8. The van der Waals surface area contributed by atoms with Crippen LogP contribution in [0.5, 0.6) is 5.75 Å². The standard InChI is InChI=1S/C22H28N2O2S/c1-2-9-20(10-3-1)24-15-13-23(14-16-24)12-6-18-26-27-21-11-4-7-19-8-5-17-25-22(19)21/h1-4,7,9-11H,5-6,8,12-18H2. The SMILES string of the molecule is c1ccc(N2CCN(CCCOSc3cccc4c3OCCC4)CC2)cc1. The Labute approximate surface area is 166 Å². The van der Waals surface area contributed by atoms with Crippen LogP contribution in [-0.2, 0) is 10.6 Å². The Morgan fingerprint density at radius 2 is 1.81 bits per heavy atom. The molecule has 5 heteroatoms. The van der Waals surface area contributed by atoms with Crippen molar-refractivity contribution >= 4 is 17.7 Å². The highest BCUT2D eigenvalue weighted by atomic mass is 32.2. The fourth-order valence-electron chi connectivity index (χ4n) is 3.75. The Bertz CT molecular complexity index is 718. The molecule has 4 rings (SSSR count). The van der Waals surface area contributed by atoms with Crippen molar-refractivity contribution in [3.8, 4) is 5.75 Å². The van der Waals surface area contributed by atoms with E-state index in [1.807, 2.05) is 0 Å². The minimum absolute atomic E-state index is 0.771. The van der Waals surface area contributed by atoms with Crippen molar-refractivity contribution < 1.29 is 8.92 Å². The first-order valence-corrected chi connectivity index (χ1v) is 10.7. The maximum atomic E-state index is 5.87. The number of nitrogens with zero attached hydrogens (tertiary/aromatic N) is 2. The normalized spacial score (nSPS) is 17.4. The van der Waals surface area contributed by atoms with Gasteiger partial charge in [0.25, 0.3) is 0 Å². The maximum Gasteiger partial charge on any atom is 0.138 e. The average molecular weight is 385 g/mol. The number of anilines is 1. The van der Waals surface area contributed by atoms with Crippen molar-refractivity contribution in [2.45, 2.75) is 24.2 Å². The van der Waals surface area contributed by atoms with Crippen LogP contribution in [0.2, 0.25) is 0 Å². The second-order valence-corrected chi connectivity index (χ2v) is 7.96. The van der Waals surface area contributed by atoms with Crippen molar-refractivity contribution in [2.24, 2.45) is 0 Å². The number of hydrogen-bond donors (Lipinski definition) is 0. The molecule has 0 radical (unpaired) electrons. The second kappa shape index (κ2) is 9.49. The monoisotopic (exact) mass is 384 g/mol. The Kier molecular flexibility index (Phi) is 6.56. The molecule has 0 N–H and O–H groups in total. The number of ether oxygens (including phenoxy) is 1. The van der Waals surface area contributed by atoms with Gasteiger partial charge in [0.1, 0.15) is 5.75 Å². The molecule has 0 spiro atoms. The first kappa shape index (κ1) is 18.7. The highest BCUT2D eigenvalue weighted by molar-refractivity contribution is 7.94.